The smallest absolute Gasteiger partial charge is 0.325 e. The van der Waals surface area contributed by atoms with E-state index < -0.39 is 17.6 Å². The molecule has 1 aromatic rings. The van der Waals surface area contributed by atoms with Crippen molar-refractivity contribution in [1.82, 2.24) is 4.90 Å². The van der Waals surface area contributed by atoms with Crippen LogP contribution in [0.2, 0.25) is 0 Å². The third-order valence-electron chi connectivity index (χ3n) is 6.09. The lowest BCUT2D eigenvalue weighted by Crippen LogP contribution is -2.35. The zero-order valence-corrected chi connectivity index (χ0v) is 14.5. The standard InChI is InChI=1S/C19H19F3N2O3/c20-19(21,22)12-3-1-2-4-13(12)23-14(25)7-8-24-17(26)15-10-5-6-11(9-10)16(15)18(24)27/h1-4,10-11,15-16H,5-9H2,(H,23,25)/t10-,11-,15-,16+/m0/s1. The number of hydrogen-bond acceptors (Lipinski definition) is 3. The molecular weight excluding hydrogens is 361 g/mol. The largest absolute Gasteiger partial charge is 0.418 e. The number of alkyl halides is 3. The molecule has 1 heterocycles. The van der Waals surface area contributed by atoms with Crippen LogP contribution in [0.15, 0.2) is 24.3 Å². The van der Waals surface area contributed by atoms with E-state index in [4.69, 9.17) is 0 Å². The van der Waals surface area contributed by atoms with Gasteiger partial charge in [0, 0.05) is 13.0 Å². The first kappa shape index (κ1) is 18.0. The number of nitrogens with zero attached hydrogens (tertiary/aromatic N) is 1. The maximum atomic E-state index is 13.0. The van der Waals surface area contributed by atoms with E-state index in [0.717, 1.165) is 30.2 Å². The van der Waals surface area contributed by atoms with Crippen LogP contribution < -0.4 is 5.32 Å². The second-order valence-corrected chi connectivity index (χ2v) is 7.55. The number of likely N-dealkylation sites (tertiary alicyclic amines) is 1. The maximum absolute atomic E-state index is 13.0. The number of benzene rings is 1. The minimum absolute atomic E-state index is 0.0931. The van der Waals surface area contributed by atoms with Gasteiger partial charge in [0.25, 0.3) is 0 Å². The molecule has 1 N–H and O–H groups in total. The lowest BCUT2D eigenvalue weighted by molar-refractivity contribution is -0.141. The number of rotatable bonds is 4. The van der Waals surface area contributed by atoms with Crippen LogP contribution in [-0.4, -0.2) is 29.2 Å². The molecule has 1 aliphatic heterocycles. The van der Waals surface area contributed by atoms with Crippen molar-refractivity contribution in [2.45, 2.75) is 31.9 Å². The maximum Gasteiger partial charge on any atom is 0.418 e. The van der Waals surface area contributed by atoms with Gasteiger partial charge in [0.05, 0.1) is 23.1 Å². The van der Waals surface area contributed by atoms with Crippen LogP contribution in [0.1, 0.15) is 31.2 Å². The SMILES string of the molecule is O=C(CCN1C(=O)[C@@H]2[C@H]3CC[C@@H](C3)[C@@H]2C1=O)Nc1ccccc1C(F)(F)F. The lowest BCUT2D eigenvalue weighted by atomic mass is 9.81. The topological polar surface area (TPSA) is 66.5 Å². The molecule has 3 fully saturated rings. The average molecular weight is 380 g/mol. The van der Waals surface area contributed by atoms with Crippen LogP contribution in [-0.2, 0) is 20.6 Å². The molecule has 4 atom stereocenters. The predicted molar refractivity (Wildman–Crippen MR) is 89.2 cm³/mol. The van der Waals surface area contributed by atoms with Crippen molar-refractivity contribution >= 4 is 23.4 Å². The van der Waals surface area contributed by atoms with Gasteiger partial charge in [-0.25, -0.2) is 0 Å². The quantitative estimate of drug-likeness (QED) is 0.817. The third kappa shape index (κ3) is 3.00. The highest BCUT2D eigenvalue weighted by atomic mass is 19.4. The van der Waals surface area contributed by atoms with E-state index in [-0.39, 0.29) is 54.1 Å². The highest BCUT2D eigenvalue weighted by molar-refractivity contribution is 6.06. The minimum Gasteiger partial charge on any atom is -0.325 e. The number of nitrogens with one attached hydrogen (secondary N) is 1. The molecule has 3 aliphatic rings. The van der Waals surface area contributed by atoms with Gasteiger partial charge in [-0.2, -0.15) is 13.2 Å². The Kier molecular flexibility index (Phi) is 4.24. The minimum atomic E-state index is -4.58. The molecule has 2 saturated carbocycles. The monoisotopic (exact) mass is 380 g/mol. The van der Waals surface area contributed by atoms with Crippen molar-refractivity contribution in [1.29, 1.82) is 0 Å². The summed E-state index contributed by atoms with van der Waals surface area (Å²) in [6, 6.07) is 4.71. The average Bonchev–Trinajstić information content (AvgIpc) is 3.27. The lowest BCUT2D eigenvalue weighted by Gasteiger charge is -2.19. The van der Waals surface area contributed by atoms with Gasteiger partial charge in [-0.15, -0.1) is 0 Å². The number of hydrogen-bond donors (Lipinski definition) is 1. The van der Waals surface area contributed by atoms with E-state index in [1.807, 2.05) is 0 Å². The van der Waals surface area contributed by atoms with E-state index >= 15 is 0 Å². The summed E-state index contributed by atoms with van der Waals surface area (Å²) in [6.45, 7) is -0.0931. The van der Waals surface area contributed by atoms with Crippen molar-refractivity contribution in [3.05, 3.63) is 29.8 Å². The Balaban J connectivity index is 1.40. The van der Waals surface area contributed by atoms with Crippen LogP contribution in [0.4, 0.5) is 18.9 Å². The summed E-state index contributed by atoms with van der Waals surface area (Å²) in [5.41, 5.74) is -1.26. The summed E-state index contributed by atoms with van der Waals surface area (Å²) in [5, 5.41) is 2.24. The zero-order chi connectivity index (χ0) is 19.3. The molecule has 2 aliphatic carbocycles. The van der Waals surface area contributed by atoms with Crippen LogP contribution in [0, 0.1) is 23.7 Å². The first-order valence-electron chi connectivity index (χ1n) is 9.08. The number of halogens is 3. The molecule has 2 bridgehead atoms. The molecule has 0 aromatic heterocycles. The number of carbonyl (C=O) groups excluding carboxylic acids is 3. The van der Waals surface area contributed by atoms with Gasteiger partial charge in [-0.05, 0) is 43.2 Å². The molecular formula is C19H19F3N2O3. The van der Waals surface area contributed by atoms with Gasteiger partial charge in [-0.1, -0.05) is 12.1 Å². The van der Waals surface area contributed by atoms with Crippen LogP contribution in [0.5, 0.6) is 0 Å². The number of anilines is 1. The second kappa shape index (κ2) is 6.35. The summed E-state index contributed by atoms with van der Waals surface area (Å²) in [5.74, 6) is -1.10. The Morgan fingerprint density at radius 2 is 1.67 bits per heavy atom. The highest BCUT2D eigenvalue weighted by Gasteiger charge is 2.60. The number of para-hydroxylation sites is 1. The van der Waals surface area contributed by atoms with E-state index in [9.17, 15) is 27.6 Å². The van der Waals surface area contributed by atoms with Gasteiger partial charge >= 0.3 is 6.18 Å². The summed E-state index contributed by atoms with van der Waals surface area (Å²) in [6.07, 6.45) is -1.95. The van der Waals surface area contributed by atoms with Crippen LogP contribution in [0.3, 0.4) is 0 Å². The fraction of sp³-hybridized carbons (Fsp3) is 0.526. The van der Waals surface area contributed by atoms with Crippen molar-refractivity contribution in [2.75, 3.05) is 11.9 Å². The van der Waals surface area contributed by atoms with Crippen molar-refractivity contribution < 1.29 is 27.6 Å². The van der Waals surface area contributed by atoms with E-state index in [0.29, 0.717) is 0 Å². The molecule has 1 saturated heterocycles. The molecule has 8 heteroatoms. The third-order valence-corrected chi connectivity index (χ3v) is 6.09. The highest BCUT2D eigenvalue weighted by Crippen LogP contribution is 2.56. The molecule has 0 spiro atoms. The predicted octanol–water partition coefficient (Wildman–Crippen LogP) is 3.07. The van der Waals surface area contributed by atoms with Crippen molar-refractivity contribution in [3.63, 3.8) is 0 Å². The van der Waals surface area contributed by atoms with Gasteiger partial charge in [-0.3, -0.25) is 19.3 Å². The van der Waals surface area contributed by atoms with E-state index in [1.54, 1.807) is 0 Å². The fourth-order valence-corrected chi connectivity index (χ4v) is 4.96. The molecule has 4 rings (SSSR count). The van der Waals surface area contributed by atoms with Gasteiger partial charge in [0.15, 0.2) is 0 Å². The number of amides is 3. The molecule has 0 radical (unpaired) electrons. The first-order chi connectivity index (χ1) is 12.8. The van der Waals surface area contributed by atoms with Crippen LogP contribution >= 0.6 is 0 Å². The zero-order valence-electron chi connectivity index (χ0n) is 14.5. The molecule has 27 heavy (non-hydrogen) atoms. The van der Waals surface area contributed by atoms with E-state index in [2.05, 4.69) is 5.32 Å². The summed E-state index contributed by atoms with van der Waals surface area (Å²) >= 11 is 0. The second-order valence-electron chi connectivity index (χ2n) is 7.55. The Hall–Kier alpha value is -2.38. The van der Waals surface area contributed by atoms with Crippen molar-refractivity contribution in [3.8, 4) is 0 Å². The summed E-state index contributed by atoms with van der Waals surface area (Å²) in [4.78, 5) is 38.4. The normalized spacial score (nSPS) is 29.4. The Morgan fingerprint density at radius 3 is 2.26 bits per heavy atom. The molecule has 144 valence electrons. The summed E-state index contributed by atoms with van der Waals surface area (Å²) < 4.78 is 39.0. The number of imide groups is 1. The number of carbonyl (C=O) groups is 3. The van der Waals surface area contributed by atoms with Crippen molar-refractivity contribution in [2.24, 2.45) is 23.7 Å². The summed E-state index contributed by atoms with van der Waals surface area (Å²) in [7, 11) is 0. The number of fused-ring (bicyclic) bond motifs is 5. The Labute approximate surface area is 153 Å². The van der Waals surface area contributed by atoms with Gasteiger partial charge < -0.3 is 5.32 Å². The Morgan fingerprint density at radius 1 is 1.07 bits per heavy atom. The first-order valence-corrected chi connectivity index (χ1v) is 9.08. The molecule has 1 aromatic carbocycles. The Bertz CT molecular complexity index is 780. The van der Waals surface area contributed by atoms with E-state index in [1.165, 1.54) is 18.2 Å². The molecule has 5 nitrogen and oxygen atoms in total. The van der Waals surface area contributed by atoms with Gasteiger partial charge in [0.1, 0.15) is 0 Å². The van der Waals surface area contributed by atoms with Gasteiger partial charge in [0.2, 0.25) is 17.7 Å². The molecule has 0 unspecified atom stereocenters. The van der Waals surface area contributed by atoms with Crippen LogP contribution in [0.25, 0.3) is 0 Å². The fourth-order valence-electron chi connectivity index (χ4n) is 4.96. The molecule has 3 amide bonds.